The molecule has 0 aromatic heterocycles. The second kappa shape index (κ2) is 6.01. The van der Waals surface area contributed by atoms with Crippen molar-refractivity contribution in [1.29, 1.82) is 0 Å². The van der Waals surface area contributed by atoms with Crippen LogP contribution in [-0.4, -0.2) is 27.8 Å². The smallest absolute Gasteiger partial charge is 0.178 e. The first-order chi connectivity index (χ1) is 7.60. The largest absolute Gasteiger partial charge is 0.319 e. The van der Waals surface area contributed by atoms with E-state index in [0.717, 1.165) is 18.5 Å². The maximum absolute atomic E-state index is 11.7. The molecule has 1 aromatic carbocycles. The second-order valence-electron chi connectivity index (χ2n) is 3.82. The molecule has 0 heterocycles. The minimum atomic E-state index is -3.06. The summed E-state index contributed by atoms with van der Waals surface area (Å²) in [6.07, 6.45) is 1.58. The van der Waals surface area contributed by atoms with Gasteiger partial charge in [-0.1, -0.05) is 19.1 Å². The first-order valence-electron chi connectivity index (χ1n) is 5.56. The van der Waals surface area contributed by atoms with Crippen LogP contribution < -0.4 is 5.32 Å². The van der Waals surface area contributed by atoms with Gasteiger partial charge in [-0.3, -0.25) is 0 Å². The second-order valence-corrected chi connectivity index (χ2v) is 5.93. The van der Waals surface area contributed by atoms with Crippen LogP contribution in [0.2, 0.25) is 0 Å². The lowest BCUT2D eigenvalue weighted by Crippen LogP contribution is -2.10. The molecule has 1 N–H and O–H groups in total. The molecule has 0 bridgehead atoms. The molecule has 16 heavy (non-hydrogen) atoms. The lowest BCUT2D eigenvalue weighted by molar-refractivity contribution is 0.594. The van der Waals surface area contributed by atoms with Gasteiger partial charge in [-0.25, -0.2) is 8.42 Å². The van der Waals surface area contributed by atoms with E-state index in [1.807, 2.05) is 26.1 Å². The molecule has 0 spiro atoms. The highest BCUT2D eigenvalue weighted by Crippen LogP contribution is 2.13. The van der Waals surface area contributed by atoms with E-state index in [9.17, 15) is 8.42 Å². The van der Waals surface area contributed by atoms with Gasteiger partial charge in [-0.05, 0) is 44.1 Å². The topological polar surface area (TPSA) is 46.2 Å². The Morgan fingerprint density at radius 2 is 1.81 bits per heavy atom. The number of likely N-dealkylation sites (N-methyl/N-ethyl adjacent to an activating group) is 1. The lowest BCUT2D eigenvalue weighted by Gasteiger charge is -2.04. The zero-order valence-corrected chi connectivity index (χ0v) is 10.7. The molecular formula is C12H19NO2S. The molecule has 1 rings (SSSR count). The van der Waals surface area contributed by atoms with E-state index in [1.54, 1.807) is 12.1 Å². The van der Waals surface area contributed by atoms with E-state index in [-0.39, 0.29) is 5.75 Å². The quantitative estimate of drug-likeness (QED) is 0.823. The summed E-state index contributed by atoms with van der Waals surface area (Å²) in [5.74, 6) is 0.225. The third-order valence-corrected chi connectivity index (χ3v) is 4.36. The molecule has 1 aromatic rings. The average Bonchev–Trinajstić information content (AvgIpc) is 2.27. The summed E-state index contributed by atoms with van der Waals surface area (Å²) in [5.41, 5.74) is 1.16. The standard InChI is InChI=1S/C12H19NO2S/c1-3-10-16(14,15)12-6-4-11(5-7-12)8-9-13-2/h4-7,13H,3,8-10H2,1-2H3. The van der Waals surface area contributed by atoms with Crippen LogP contribution in [0, 0.1) is 0 Å². The van der Waals surface area contributed by atoms with Crippen molar-refractivity contribution < 1.29 is 8.42 Å². The van der Waals surface area contributed by atoms with Crippen LogP contribution in [0.25, 0.3) is 0 Å². The zero-order chi connectivity index (χ0) is 12.0. The highest BCUT2D eigenvalue weighted by atomic mass is 32.2. The highest BCUT2D eigenvalue weighted by molar-refractivity contribution is 7.91. The Hall–Kier alpha value is -0.870. The number of nitrogens with one attached hydrogen (secondary N) is 1. The van der Waals surface area contributed by atoms with Crippen LogP contribution in [0.15, 0.2) is 29.2 Å². The van der Waals surface area contributed by atoms with Gasteiger partial charge in [0.1, 0.15) is 0 Å². The number of hydrogen-bond acceptors (Lipinski definition) is 3. The first kappa shape index (κ1) is 13.2. The Bertz CT molecular complexity index is 409. The summed E-state index contributed by atoms with van der Waals surface area (Å²) in [4.78, 5) is 0.433. The molecule has 0 atom stereocenters. The van der Waals surface area contributed by atoms with Crippen LogP contribution in [0.4, 0.5) is 0 Å². The Balaban J connectivity index is 2.78. The van der Waals surface area contributed by atoms with Crippen LogP contribution in [0.1, 0.15) is 18.9 Å². The molecule has 0 aliphatic heterocycles. The number of rotatable bonds is 6. The molecule has 0 unspecified atom stereocenters. The van der Waals surface area contributed by atoms with Gasteiger partial charge in [-0.2, -0.15) is 0 Å². The van der Waals surface area contributed by atoms with Gasteiger partial charge in [0.05, 0.1) is 10.6 Å². The summed E-state index contributed by atoms with van der Waals surface area (Å²) in [6, 6.07) is 7.19. The van der Waals surface area contributed by atoms with E-state index < -0.39 is 9.84 Å². The van der Waals surface area contributed by atoms with Gasteiger partial charge in [-0.15, -0.1) is 0 Å². The van der Waals surface area contributed by atoms with Gasteiger partial charge >= 0.3 is 0 Å². The molecule has 90 valence electrons. The number of hydrogen-bond donors (Lipinski definition) is 1. The van der Waals surface area contributed by atoms with Crippen molar-refractivity contribution in [3.8, 4) is 0 Å². The molecule has 0 saturated carbocycles. The van der Waals surface area contributed by atoms with Crippen molar-refractivity contribution in [2.75, 3.05) is 19.3 Å². The summed E-state index contributed by atoms with van der Waals surface area (Å²) in [5, 5.41) is 3.06. The van der Waals surface area contributed by atoms with E-state index in [1.165, 1.54) is 0 Å². The minimum Gasteiger partial charge on any atom is -0.319 e. The van der Waals surface area contributed by atoms with Gasteiger partial charge in [0.2, 0.25) is 0 Å². The summed E-state index contributed by atoms with van der Waals surface area (Å²) in [7, 11) is -1.16. The van der Waals surface area contributed by atoms with Gasteiger partial charge in [0.25, 0.3) is 0 Å². The Morgan fingerprint density at radius 1 is 1.19 bits per heavy atom. The molecule has 0 fully saturated rings. The molecule has 0 aliphatic carbocycles. The van der Waals surface area contributed by atoms with E-state index in [2.05, 4.69) is 5.32 Å². The molecule has 0 radical (unpaired) electrons. The fourth-order valence-electron chi connectivity index (χ4n) is 1.52. The predicted molar refractivity (Wildman–Crippen MR) is 66.4 cm³/mol. The third kappa shape index (κ3) is 3.61. The van der Waals surface area contributed by atoms with Crippen LogP contribution in [0.3, 0.4) is 0 Å². The number of sulfone groups is 1. The Kier molecular flexibility index (Phi) is 4.96. The first-order valence-corrected chi connectivity index (χ1v) is 7.21. The van der Waals surface area contributed by atoms with Crippen molar-refractivity contribution in [1.82, 2.24) is 5.32 Å². The average molecular weight is 241 g/mol. The molecule has 0 aliphatic rings. The maximum atomic E-state index is 11.7. The molecule has 4 heteroatoms. The van der Waals surface area contributed by atoms with Crippen molar-refractivity contribution >= 4 is 9.84 Å². The summed E-state index contributed by atoms with van der Waals surface area (Å²) >= 11 is 0. The minimum absolute atomic E-state index is 0.225. The summed E-state index contributed by atoms with van der Waals surface area (Å²) < 4.78 is 23.5. The van der Waals surface area contributed by atoms with Gasteiger partial charge < -0.3 is 5.32 Å². The van der Waals surface area contributed by atoms with Gasteiger partial charge in [0, 0.05) is 0 Å². The van der Waals surface area contributed by atoms with Crippen molar-refractivity contribution in [3.63, 3.8) is 0 Å². The van der Waals surface area contributed by atoms with E-state index in [0.29, 0.717) is 11.3 Å². The van der Waals surface area contributed by atoms with E-state index >= 15 is 0 Å². The zero-order valence-electron chi connectivity index (χ0n) is 9.86. The van der Waals surface area contributed by atoms with E-state index in [4.69, 9.17) is 0 Å². The van der Waals surface area contributed by atoms with Crippen LogP contribution >= 0.6 is 0 Å². The Labute approximate surface area is 97.8 Å². The normalized spacial score (nSPS) is 11.6. The third-order valence-electron chi connectivity index (χ3n) is 2.42. The van der Waals surface area contributed by atoms with Crippen molar-refractivity contribution in [2.45, 2.75) is 24.7 Å². The Morgan fingerprint density at radius 3 is 2.31 bits per heavy atom. The molecule has 3 nitrogen and oxygen atoms in total. The fraction of sp³-hybridized carbons (Fsp3) is 0.500. The molecular weight excluding hydrogens is 222 g/mol. The predicted octanol–water partition coefficient (Wildman–Crippen LogP) is 1.63. The monoisotopic (exact) mass is 241 g/mol. The van der Waals surface area contributed by atoms with Crippen LogP contribution in [0.5, 0.6) is 0 Å². The highest BCUT2D eigenvalue weighted by Gasteiger charge is 2.12. The molecule has 0 amide bonds. The fourth-order valence-corrected chi connectivity index (χ4v) is 2.84. The van der Waals surface area contributed by atoms with Crippen LogP contribution in [-0.2, 0) is 16.3 Å². The number of benzene rings is 1. The lowest BCUT2D eigenvalue weighted by atomic mass is 10.1. The summed E-state index contributed by atoms with van der Waals surface area (Å²) in [6.45, 7) is 2.78. The van der Waals surface area contributed by atoms with Crippen molar-refractivity contribution in [2.24, 2.45) is 0 Å². The SMILES string of the molecule is CCCS(=O)(=O)c1ccc(CCNC)cc1. The maximum Gasteiger partial charge on any atom is 0.178 e. The van der Waals surface area contributed by atoms with Gasteiger partial charge in [0.15, 0.2) is 9.84 Å². The molecule has 0 saturated heterocycles. The van der Waals surface area contributed by atoms with Crippen molar-refractivity contribution in [3.05, 3.63) is 29.8 Å².